The molecule has 4 aromatic carbocycles. The topological polar surface area (TPSA) is 84.7 Å². The number of hydrogen-bond donors (Lipinski definition) is 2. The molecule has 0 spiro atoms. The van der Waals surface area contributed by atoms with E-state index >= 15 is 0 Å². The summed E-state index contributed by atoms with van der Waals surface area (Å²) in [5, 5.41) is 2.49. The van der Waals surface area contributed by atoms with Crippen molar-refractivity contribution in [3.8, 4) is 11.5 Å². The van der Waals surface area contributed by atoms with E-state index in [2.05, 4.69) is 5.32 Å². The molecule has 0 aliphatic rings. The number of amides is 2. The van der Waals surface area contributed by atoms with Gasteiger partial charge >= 0.3 is 0 Å². The van der Waals surface area contributed by atoms with Crippen molar-refractivity contribution in [2.75, 3.05) is 4.90 Å². The van der Waals surface area contributed by atoms with Gasteiger partial charge in [0.2, 0.25) is 11.8 Å². The Morgan fingerprint density at radius 1 is 0.795 bits per heavy atom. The highest BCUT2D eigenvalue weighted by Crippen LogP contribution is 2.34. The van der Waals surface area contributed by atoms with Gasteiger partial charge in [0.15, 0.2) is 5.75 Å². The normalized spacial score (nSPS) is 10.6. The molecule has 8 heteroatoms. The van der Waals surface area contributed by atoms with Crippen LogP contribution in [0.25, 0.3) is 0 Å². The number of carbonyl (C=O) groups excluding carboxylic acids is 2. The Hall–Kier alpha value is -4.56. The molecule has 0 radical (unpaired) electrons. The predicted molar refractivity (Wildman–Crippen MR) is 146 cm³/mol. The molecule has 0 saturated carbocycles. The highest BCUT2D eigenvalue weighted by molar-refractivity contribution is 5.96. The summed E-state index contributed by atoms with van der Waals surface area (Å²) in [4.78, 5) is 27.5. The van der Waals surface area contributed by atoms with Crippen molar-refractivity contribution in [1.82, 2.24) is 5.32 Å². The van der Waals surface area contributed by atoms with E-state index < -0.39 is 17.5 Å². The number of halogens is 2. The van der Waals surface area contributed by atoms with E-state index in [4.69, 9.17) is 10.5 Å². The monoisotopic (exact) mass is 529 g/mol. The summed E-state index contributed by atoms with van der Waals surface area (Å²) in [5.74, 6) is -1.23. The van der Waals surface area contributed by atoms with Crippen LogP contribution in [0.2, 0.25) is 0 Å². The van der Waals surface area contributed by atoms with E-state index in [0.717, 1.165) is 23.3 Å². The van der Waals surface area contributed by atoms with Crippen molar-refractivity contribution < 1.29 is 23.1 Å². The van der Waals surface area contributed by atoms with Crippen LogP contribution >= 0.6 is 0 Å². The summed E-state index contributed by atoms with van der Waals surface area (Å²) in [5.41, 5.74) is 7.88. The fraction of sp³-hybridized carbons (Fsp3) is 0.161. The number of rotatable bonds is 11. The van der Waals surface area contributed by atoms with Gasteiger partial charge in [-0.25, -0.2) is 8.78 Å². The Balaban J connectivity index is 1.51. The molecule has 200 valence electrons. The number of nitrogens with two attached hydrogens (primary N) is 1. The third-order valence-corrected chi connectivity index (χ3v) is 6.09. The average molecular weight is 530 g/mol. The van der Waals surface area contributed by atoms with Gasteiger partial charge in [-0.05, 0) is 47.5 Å². The molecular weight excluding hydrogens is 500 g/mol. The molecule has 0 unspecified atom stereocenters. The van der Waals surface area contributed by atoms with Crippen LogP contribution in [0.5, 0.6) is 11.5 Å². The van der Waals surface area contributed by atoms with Crippen molar-refractivity contribution in [3.63, 3.8) is 0 Å². The van der Waals surface area contributed by atoms with Gasteiger partial charge in [-0.3, -0.25) is 9.59 Å². The number of benzene rings is 4. The fourth-order valence-corrected chi connectivity index (χ4v) is 4.04. The number of ether oxygens (including phenoxy) is 1. The maximum absolute atomic E-state index is 13.9. The molecule has 0 heterocycles. The molecule has 4 rings (SSSR count). The van der Waals surface area contributed by atoms with Gasteiger partial charge in [-0.15, -0.1) is 0 Å². The Labute approximate surface area is 226 Å². The zero-order chi connectivity index (χ0) is 27.6. The van der Waals surface area contributed by atoms with Crippen LogP contribution in [0, 0.1) is 11.6 Å². The standard InChI is InChI=1S/C31H29F2N3O3/c32-26-12-7-13-27(33)25(26)20-35-30(37)16-17-31(38)36(21-22-8-2-1-3-9-22)28-14-4-5-15-29(28)39-24-11-6-10-23(18-24)19-34/h1-15,18H,16-17,19-21,34H2,(H,35,37). The van der Waals surface area contributed by atoms with E-state index in [9.17, 15) is 18.4 Å². The van der Waals surface area contributed by atoms with Gasteiger partial charge in [0.05, 0.1) is 12.2 Å². The number of nitrogens with zero attached hydrogens (tertiary/aromatic N) is 1. The van der Waals surface area contributed by atoms with Crippen molar-refractivity contribution in [2.24, 2.45) is 5.73 Å². The minimum Gasteiger partial charge on any atom is -0.455 e. The third kappa shape index (κ3) is 7.49. The molecule has 0 aliphatic carbocycles. The lowest BCUT2D eigenvalue weighted by molar-refractivity contribution is -0.125. The molecule has 6 nitrogen and oxygen atoms in total. The van der Waals surface area contributed by atoms with Gasteiger partial charge in [0.1, 0.15) is 17.4 Å². The van der Waals surface area contributed by atoms with E-state index in [1.165, 1.54) is 6.07 Å². The summed E-state index contributed by atoms with van der Waals surface area (Å²) in [7, 11) is 0. The summed E-state index contributed by atoms with van der Waals surface area (Å²) in [6.45, 7) is 0.311. The zero-order valence-corrected chi connectivity index (χ0v) is 21.3. The molecule has 4 aromatic rings. The first kappa shape index (κ1) is 27.5. The molecule has 0 bridgehead atoms. The number of anilines is 1. The molecule has 2 amide bonds. The Bertz CT molecular complexity index is 1410. The van der Waals surface area contributed by atoms with E-state index in [-0.39, 0.29) is 37.4 Å². The van der Waals surface area contributed by atoms with Crippen LogP contribution in [0.4, 0.5) is 14.5 Å². The Morgan fingerprint density at radius 3 is 2.21 bits per heavy atom. The van der Waals surface area contributed by atoms with Crippen LogP contribution < -0.4 is 20.7 Å². The second kappa shape index (κ2) is 13.3. The Morgan fingerprint density at radius 2 is 1.46 bits per heavy atom. The first-order valence-electron chi connectivity index (χ1n) is 12.5. The van der Waals surface area contributed by atoms with Crippen molar-refractivity contribution in [2.45, 2.75) is 32.5 Å². The largest absolute Gasteiger partial charge is 0.455 e. The minimum atomic E-state index is -0.742. The first-order valence-corrected chi connectivity index (χ1v) is 12.5. The van der Waals surface area contributed by atoms with Crippen LogP contribution in [-0.4, -0.2) is 11.8 Å². The predicted octanol–water partition coefficient (Wildman–Crippen LogP) is 5.85. The third-order valence-electron chi connectivity index (χ3n) is 6.09. The number of carbonyl (C=O) groups is 2. The number of nitrogens with one attached hydrogen (secondary N) is 1. The fourth-order valence-electron chi connectivity index (χ4n) is 4.04. The van der Waals surface area contributed by atoms with E-state index in [1.807, 2.05) is 60.7 Å². The summed E-state index contributed by atoms with van der Waals surface area (Å²) < 4.78 is 33.9. The molecule has 39 heavy (non-hydrogen) atoms. The average Bonchev–Trinajstić information content (AvgIpc) is 2.95. The maximum Gasteiger partial charge on any atom is 0.227 e. The maximum atomic E-state index is 13.9. The lowest BCUT2D eigenvalue weighted by atomic mass is 10.1. The quantitative estimate of drug-likeness (QED) is 0.255. The molecule has 0 aromatic heterocycles. The van der Waals surface area contributed by atoms with Gasteiger partial charge in [-0.2, -0.15) is 0 Å². The number of para-hydroxylation sites is 2. The molecule has 0 fully saturated rings. The highest BCUT2D eigenvalue weighted by atomic mass is 19.1. The molecule has 0 aliphatic heterocycles. The number of hydrogen-bond acceptors (Lipinski definition) is 4. The summed E-state index contributed by atoms with van der Waals surface area (Å²) in [6, 6.07) is 27.5. The summed E-state index contributed by atoms with van der Waals surface area (Å²) >= 11 is 0. The van der Waals surface area contributed by atoms with Gasteiger partial charge in [-0.1, -0.05) is 60.7 Å². The zero-order valence-electron chi connectivity index (χ0n) is 21.3. The minimum absolute atomic E-state index is 0.116. The van der Waals surface area contributed by atoms with E-state index in [1.54, 1.807) is 23.1 Å². The molecule has 0 saturated heterocycles. The van der Waals surface area contributed by atoms with E-state index in [0.29, 0.717) is 23.7 Å². The van der Waals surface area contributed by atoms with Crippen LogP contribution in [0.3, 0.4) is 0 Å². The van der Waals surface area contributed by atoms with Crippen molar-refractivity contribution in [1.29, 1.82) is 0 Å². The molecule has 0 atom stereocenters. The van der Waals surface area contributed by atoms with Crippen molar-refractivity contribution >= 4 is 17.5 Å². The SMILES string of the molecule is NCc1cccc(Oc2ccccc2N(Cc2ccccc2)C(=O)CCC(=O)NCc2c(F)cccc2F)c1. The van der Waals surface area contributed by atoms with Gasteiger partial charge in [0.25, 0.3) is 0 Å². The Kier molecular flexibility index (Phi) is 9.37. The van der Waals surface area contributed by atoms with Crippen LogP contribution in [0.15, 0.2) is 97.1 Å². The lowest BCUT2D eigenvalue weighted by Crippen LogP contribution is -2.32. The van der Waals surface area contributed by atoms with Gasteiger partial charge in [0, 0.05) is 31.5 Å². The second-order valence-electron chi connectivity index (χ2n) is 8.86. The van der Waals surface area contributed by atoms with Crippen LogP contribution in [0.1, 0.15) is 29.5 Å². The molecule has 3 N–H and O–H groups in total. The van der Waals surface area contributed by atoms with Gasteiger partial charge < -0.3 is 20.7 Å². The van der Waals surface area contributed by atoms with Crippen LogP contribution in [-0.2, 0) is 29.2 Å². The lowest BCUT2D eigenvalue weighted by Gasteiger charge is -2.25. The summed E-state index contributed by atoms with van der Waals surface area (Å²) in [6.07, 6.45) is -0.267. The smallest absolute Gasteiger partial charge is 0.227 e. The second-order valence-corrected chi connectivity index (χ2v) is 8.86. The molecular formula is C31H29F2N3O3. The van der Waals surface area contributed by atoms with Crippen molar-refractivity contribution in [3.05, 3.63) is 125 Å². The first-order chi connectivity index (χ1) is 18.9. The highest BCUT2D eigenvalue weighted by Gasteiger charge is 2.21.